The topological polar surface area (TPSA) is 57.2 Å². The van der Waals surface area contributed by atoms with Crippen molar-refractivity contribution in [1.29, 1.82) is 0 Å². The zero-order chi connectivity index (χ0) is 18.7. The minimum atomic E-state index is -3.20. The molecule has 26 heavy (non-hydrogen) atoms. The lowest BCUT2D eigenvalue weighted by Crippen LogP contribution is -2.26. The molecule has 0 unspecified atom stereocenters. The largest absolute Gasteiger partial charge is 0.382 e. The maximum Gasteiger partial charge on any atom is 0.271 e. The van der Waals surface area contributed by atoms with Crippen LogP contribution in [0.15, 0.2) is 46.5 Å². The average Bonchev–Trinajstić information content (AvgIpc) is 3.10. The van der Waals surface area contributed by atoms with Crippen LogP contribution in [0.5, 0.6) is 0 Å². The number of halogens is 3. The summed E-state index contributed by atoms with van der Waals surface area (Å²) >= 11 is 0. The Hall–Kier alpha value is -2.57. The fourth-order valence-electron chi connectivity index (χ4n) is 3.42. The zero-order valence-electron chi connectivity index (χ0n) is 14.4. The van der Waals surface area contributed by atoms with E-state index in [-0.39, 0.29) is 22.7 Å². The van der Waals surface area contributed by atoms with Gasteiger partial charge in [-0.3, -0.25) is 4.79 Å². The summed E-state index contributed by atoms with van der Waals surface area (Å²) in [5.41, 5.74) is -1.15. The van der Waals surface area contributed by atoms with Crippen LogP contribution in [0.4, 0.5) is 18.9 Å². The van der Waals surface area contributed by atoms with Crippen LogP contribution in [0.1, 0.15) is 49.3 Å². The summed E-state index contributed by atoms with van der Waals surface area (Å²) in [5.74, 6) is -3.20. The quantitative estimate of drug-likeness (QED) is 0.765. The molecule has 0 spiro atoms. The van der Waals surface area contributed by atoms with Crippen LogP contribution in [0.2, 0.25) is 0 Å². The zero-order valence-corrected chi connectivity index (χ0v) is 14.4. The highest BCUT2D eigenvalue weighted by Gasteiger charge is 2.31. The van der Waals surface area contributed by atoms with Crippen molar-refractivity contribution in [3.8, 4) is 0 Å². The normalized spacial score (nSPS) is 16.1. The van der Waals surface area contributed by atoms with E-state index in [1.165, 1.54) is 30.5 Å². The lowest BCUT2D eigenvalue weighted by atomic mass is 9.94. The second-order valence-corrected chi connectivity index (χ2v) is 6.59. The summed E-state index contributed by atoms with van der Waals surface area (Å²) in [6, 6.07) is 7.28. The van der Waals surface area contributed by atoms with E-state index in [9.17, 15) is 18.1 Å². The number of aromatic amines is 1. The Balaban J connectivity index is 2.12. The molecule has 1 fully saturated rings. The molecule has 7 heteroatoms. The Morgan fingerprint density at radius 3 is 2.58 bits per heavy atom. The number of H-pyrrole nitrogens is 1. The highest BCUT2D eigenvalue weighted by molar-refractivity contribution is 6.16. The lowest BCUT2D eigenvalue weighted by Gasteiger charge is -2.19. The smallest absolute Gasteiger partial charge is 0.271 e. The summed E-state index contributed by atoms with van der Waals surface area (Å²) in [4.78, 5) is 14.9. The molecule has 1 heterocycles. The van der Waals surface area contributed by atoms with E-state index < -0.39 is 17.2 Å². The van der Waals surface area contributed by atoms with E-state index in [1.54, 1.807) is 6.07 Å². The second kappa shape index (κ2) is 7.35. The Labute approximate surface area is 149 Å². The molecule has 138 valence electrons. The molecule has 1 aromatic carbocycles. The number of rotatable bonds is 5. The predicted octanol–water partition coefficient (Wildman–Crippen LogP) is 4.56. The Bertz CT molecular complexity index is 865. The molecule has 4 nitrogen and oxygen atoms in total. The monoisotopic (exact) mass is 363 g/mol. The van der Waals surface area contributed by atoms with Gasteiger partial charge in [-0.2, -0.15) is 0 Å². The molecule has 0 bridgehead atoms. The minimum absolute atomic E-state index is 0.0707. The summed E-state index contributed by atoms with van der Waals surface area (Å²) < 4.78 is 41.6. The first-order valence-corrected chi connectivity index (χ1v) is 8.57. The third-order valence-electron chi connectivity index (χ3n) is 4.65. The van der Waals surface area contributed by atoms with Crippen LogP contribution in [-0.4, -0.2) is 16.7 Å². The predicted molar refractivity (Wildman–Crippen MR) is 95.7 cm³/mol. The minimum Gasteiger partial charge on any atom is -0.382 e. The van der Waals surface area contributed by atoms with Crippen molar-refractivity contribution in [3.05, 3.63) is 63.6 Å². The van der Waals surface area contributed by atoms with Crippen LogP contribution >= 0.6 is 0 Å². The maximum absolute atomic E-state index is 14.0. The van der Waals surface area contributed by atoms with Gasteiger partial charge < -0.3 is 10.3 Å². The third kappa shape index (κ3) is 3.66. The average molecular weight is 363 g/mol. The molecule has 0 radical (unpaired) electrons. The van der Waals surface area contributed by atoms with Gasteiger partial charge in [0, 0.05) is 30.3 Å². The van der Waals surface area contributed by atoms with Crippen molar-refractivity contribution in [2.45, 2.75) is 44.6 Å². The summed E-state index contributed by atoms with van der Waals surface area (Å²) in [6.45, 7) is 0.731. The van der Waals surface area contributed by atoms with E-state index in [1.807, 2.05) is 0 Å². The van der Waals surface area contributed by atoms with Crippen molar-refractivity contribution >= 4 is 11.4 Å². The number of anilines is 1. The number of nitrogens with zero attached hydrogens (tertiary/aromatic N) is 1. The molecule has 1 saturated carbocycles. The van der Waals surface area contributed by atoms with E-state index in [0.717, 1.165) is 32.6 Å². The Kier molecular flexibility index (Phi) is 5.15. The number of benzene rings is 1. The Morgan fingerprint density at radius 2 is 1.92 bits per heavy atom. The molecular formula is C19H20F3N3O. The van der Waals surface area contributed by atoms with E-state index in [2.05, 4.69) is 15.5 Å². The number of nitrogens with one attached hydrogen (secondary N) is 2. The first-order chi connectivity index (χ1) is 12.4. The van der Waals surface area contributed by atoms with Crippen molar-refractivity contribution < 1.29 is 13.3 Å². The van der Waals surface area contributed by atoms with Gasteiger partial charge in [-0.1, -0.05) is 46.8 Å². The van der Waals surface area contributed by atoms with Gasteiger partial charge >= 0.3 is 0 Å². The van der Waals surface area contributed by atoms with Crippen molar-refractivity contribution in [2.75, 3.05) is 5.32 Å². The standard InChI is InChI=1S/C19H20F3N3O/c1-19(20,21)14-9-5-4-8-13(14)17(25-22)16-15(10-11-23-18(16)26)24-12-6-2-3-7-12/h4-5,8-12H,2-3,6-7H2,1H3,(H2,23,24,26). The van der Waals surface area contributed by atoms with E-state index in [4.69, 9.17) is 0 Å². The van der Waals surface area contributed by atoms with Crippen molar-refractivity contribution in [1.82, 2.24) is 4.98 Å². The highest BCUT2D eigenvalue weighted by atomic mass is 19.3. The first kappa shape index (κ1) is 18.2. The van der Waals surface area contributed by atoms with Crippen LogP contribution in [0.25, 0.3) is 0 Å². The number of pyridine rings is 1. The highest BCUT2D eigenvalue weighted by Crippen LogP contribution is 2.32. The molecule has 0 atom stereocenters. The van der Waals surface area contributed by atoms with Gasteiger partial charge in [-0.25, -0.2) is 8.78 Å². The van der Waals surface area contributed by atoms with Crippen LogP contribution in [0, 0.1) is 0 Å². The lowest BCUT2D eigenvalue weighted by molar-refractivity contribution is 0.0173. The van der Waals surface area contributed by atoms with Gasteiger partial charge in [0.15, 0.2) is 0 Å². The van der Waals surface area contributed by atoms with Gasteiger partial charge in [0.2, 0.25) is 0 Å². The van der Waals surface area contributed by atoms with Gasteiger partial charge in [-0.05, 0) is 18.9 Å². The fraction of sp³-hybridized carbons (Fsp3) is 0.368. The fourth-order valence-corrected chi connectivity index (χ4v) is 3.42. The van der Waals surface area contributed by atoms with Crippen LogP contribution < -0.4 is 10.9 Å². The molecule has 2 N–H and O–H groups in total. The number of hydrogen-bond acceptors (Lipinski definition) is 3. The molecule has 0 saturated heterocycles. The van der Waals surface area contributed by atoms with Crippen molar-refractivity contribution in [3.63, 3.8) is 0 Å². The van der Waals surface area contributed by atoms with Gasteiger partial charge in [-0.15, -0.1) is 0 Å². The molecule has 2 aromatic rings. The molecular weight excluding hydrogens is 343 g/mol. The molecule has 0 amide bonds. The second-order valence-electron chi connectivity index (χ2n) is 6.59. The van der Waals surface area contributed by atoms with E-state index >= 15 is 0 Å². The Morgan fingerprint density at radius 1 is 1.23 bits per heavy atom. The summed E-state index contributed by atoms with van der Waals surface area (Å²) in [7, 11) is 0. The van der Waals surface area contributed by atoms with Gasteiger partial charge in [0.25, 0.3) is 11.5 Å². The summed E-state index contributed by atoms with van der Waals surface area (Å²) in [6.07, 6.45) is 5.48. The third-order valence-corrected chi connectivity index (χ3v) is 4.65. The van der Waals surface area contributed by atoms with Gasteiger partial charge in [0.1, 0.15) is 5.71 Å². The van der Waals surface area contributed by atoms with E-state index in [0.29, 0.717) is 5.69 Å². The van der Waals surface area contributed by atoms with Gasteiger partial charge in [0.05, 0.1) is 11.3 Å². The van der Waals surface area contributed by atoms with Crippen LogP contribution in [0.3, 0.4) is 0 Å². The molecule has 3 rings (SSSR count). The molecule has 1 aliphatic carbocycles. The summed E-state index contributed by atoms with van der Waals surface area (Å²) in [5, 5.41) is 5.96. The molecule has 1 aromatic heterocycles. The van der Waals surface area contributed by atoms with Crippen molar-refractivity contribution in [2.24, 2.45) is 5.21 Å². The van der Waals surface area contributed by atoms with Crippen LogP contribution in [-0.2, 0) is 5.92 Å². The maximum atomic E-state index is 14.0. The number of alkyl halides is 2. The SMILES string of the molecule is CC(F)(F)c1ccccc1C(=NF)c1c(NC2CCCC2)cc[nH]c1=O. The first-order valence-electron chi connectivity index (χ1n) is 8.57. The number of aromatic nitrogens is 1. The molecule has 0 aliphatic heterocycles. The molecule has 1 aliphatic rings. The number of hydrogen-bond donors (Lipinski definition) is 2.